The van der Waals surface area contributed by atoms with Gasteiger partial charge < -0.3 is 26.6 Å². The van der Waals surface area contributed by atoms with E-state index in [1.165, 1.54) is 0 Å². The fourth-order valence-electron chi connectivity index (χ4n) is 1.54. The molecule has 1 aliphatic rings. The third-order valence-corrected chi connectivity index (χ3v) is 2.56. The number of carboxylic acid groups (broad SMARTS) is 4. The minimum Gasteiger partial charge on any atom is -1.00 e. The smallest absolute Gasteiger partial charge is 1.00 e. The molecule has 0 aliphatic carbocycles. The van der Waals surface area contributed by atoms with Crippen molar-refractivity contribution in [2.75, 3.05) is 0 Å². The van der Waals surface area contributed by atoms with Crippen molar-refractivity contribution >= 4 is 23.9 Å². The average Bonchev–Trinajstić information content (AvgIpc) is 2.59. The van der Waals surface area contributed by atoms with Crippen LogP contribution in [0.5, 0.6) is 0 Å². The van der Waals surface area contributed by atoms with Gasteiger partial charge in [0.1, 0.15) is 0 Å². The third kappa shape index (κ3) is 2.44. The third-order valence-electron chi connectivity index (χ3n) is 2.56. The molecular formula is C8H9KO9. The van der Waals surface area contributed by atoms with Gasteiger partial charge in [0.2, 0.25) is 0 Å². The molecule has 1 saturated heterocycles. The fourth-order valence-corrected chi connectivity index (χ4v) is 1.54. The largest absolute Gasteiger partial charge is 1.00 e. The van der Waals surface area contributed by atoms with E-state index in [1.54, 1.807) is 0 Å². The van der Waals surface area contributed by atoms with Crippen molar-refractivity contribution in [2.24, 2.45) is 0 Å². The van der Waals surface area contributed by atoms with Crippen LogP contribution in [0.3, 0.4) is 0 Å². The Kier molecular flexibility index (Phi) is 5.47. The Labute approximate surface area is 144 Å². The van der Waals surface area contributed by atoms with Gasteiger partial charge in [-0.05, 0) is 0 Å². The van der Waals surface area contributed by atoms with E-state index in [2.05, 4.69) is 4.74 Å². The van der Waals surface area contributed by atoms with E-state index in [-0.39, 0.29) is 52.8 Å². The Morgan fingerprint density at radius 2 is 1.00 bits per heavy atom. The molecule has 0 atom stereocenters. The zero-order valence-corrected chi connectivity index (χ0v) is 12.4. The maximum Gasteiger partial charge on any atom is 1.00 e. The number of carboxylic acids is 4. The topological polar surface area (TPSA) is 158 Å². The summed E-state index contributed by atoms with van der Waals surface area (Å²) >= 11 is 0. The van der Waals surface area contributed by atoms with Crippen molar-refractivity contribution in [3.05, 3.63) is 0 Å². The van der Waals surface area contributed by atoms with Crippen LogP contribution in [-0.2, 0) is 23.9 Å². The normalized spacial score (nSPS) is 19.6. The van der Waals surface area contributed by atoms with Crippen LogP contribution < -0.4 is 51.4 Å². The van der Waals surface area contributed by atoms with Crippen LogP contribution in [0.25, 0.3) is 0 Å². The second-order valence-corrected chi connectivity index (χ2v) is 3.48. The zero-order chi connectivity index (χ0) is 13.4. The Morgan fingerprint density at radius 3 is 1.11 bits per heavy atom. The van der Waals surface area contributed by atoms with Gasteiger partial charge in [-0.15, -0.1) is 0 Å². The molecule has 1 fully saturated rings. The summed E-state index contributed by atoms with van der Waals surface area (Å²) in [5, 5.41) is 35.0. The molecule has 0 bridgehead atoms. The number of aliphatic carboxylic acids is 4. The fraction of sp³-hybridized carbons (Fsp3) is 0.500. The van der Waals surface area contributed by atoms with Gasteiger partial charge in [0, 0.05) is 12.8 Å². The van der Waals surface area contributed by atoms with Crippen molar-refractivity contribution in [3.63, 3.8) is 0 Å². The summed E-state index contributed by atoms with van der Waals surface area (Å²) in [5.74, 6) is -7.74. The van der Waals surface area contributed by atoms with Crippen molar-refractivity contribution in [3.8, 4) is 0 Å². The molecule has 0 aromatic carbocycles. The standard InChI is InChI=1S/C8H8O9.K.H/c9-3(10)7(4(11)12)1-2-8(17-7,5(13)14)6(15)16;;/h1-2H2,(H,9,10)(H,11,12)(H,13,14)(H,15,16);;/q;+1;-1. The molecule has 10 heteroatoms. The van der Waals surface area contributed by atoms with E-state index in [9.17, 15) is 19.2 Å². The van der Waals surface area contributed by atoms with E-state index >= 15 is 0 Å². The van der Waals surface area contributed by atoms with Gasteiger partial charge in [-0.1, -0.05) is 0 Å². The summed E-state index contributed by atoms with van der Waals surface area (Å²) in [7, 11) is 0. The molecule has 1 rings (SSSR count). The molecule has 18 heavy (non-hydrogen) atoms. The average molecular weight is 288 g/mol. The predicted molar refractivity (Wildman–Crippen MR) is 47.4 cm³/mol. The van der Waals surface area contributed by atoms with Gasteiger partial charge in [0.05, 0.1) is 0 Å². The number of ether oxygens (including phenoxy) is 1. The molecule has 0 saturated carbocycles. The molecule has 1 heterocycles. The van der Waals surface area contributed by atoms with Crippen LogP contribution in [0.4, 0.5) is 0 Å². The molecule has 9 nitrogen and oxygen atoms in total. The van der Waals surface area contributed by atoms with Crippen LogP contribution in [0, 0.1) is 0 Å². The first-order valence-electron chi connectivity index (χ1n) is 4.33. The summed E-state index contributed by atoms with van der Waals surface area (Å²) in [6, 6.07) is 0. The Hall–Kier alpha value is -0.524. The Bertz CT molecular complexity index is 354. The number of hydrogen-bond donors (Lipinski definition) is 4. The van der Waals surface area contributed by atoms with Crippen LogP contribution in [0.2, 0.25) is 0 Å². The van der Waals surface area contributed by atoms with E-state index in [0.717, 1.165) is 0 Å². The Balaban J connectivity index is 0. The molecule has 1 aliphatic heterocycles. The minimum absolute atomic E-state index is 0. The SMILES string of the molecule is O=C(O)C1(C(=O)O)CCC(C(=O)O)(C(=O)O)O1.[H-].[K+]. The van der Waals surface area contributed by atoms with Crippen LogP contribution >= 0.6 is 0 Å². The van der Waals surface area contributed by atoms with Crippen LogP contribution in [0.15, 0.2) is 0 Å². The van der Waals surface area contributed by atoms with Gasteiger partial charge >= 0.3 is 75.3 Å². The van der Waals surface area contributed by atoms with E-state index in [4.69, 9.17) is 20.4 Å². The minimum atomic E-state index is -2.84. The molecule has 0 spiro atoms. The van der Waals surface area contributed by atoms with E-state index in [0.29, 0.717) is 0 Å². The van der Waals surface area contributed by atoms with E-state index in [1.807, 2.05) is 0 Å². The summed E-state index contributed by atoms with van der Waals surface area (Å²) in [5.41, 5.74) is -5.67. The summed E-state index contributed by atoms with van der Waals surface area (Å²) in [6.07, 6.45) is -1.48. The predicted octanol–water partition coefficient (Wildman–Crippen LogP) is -4.27. The molecule has 0 unspecified atom stereocenters. The maximum atomic E-state index is 10.8. The summed E-state index contributed by atoms with van der Waals surface area (Å²) in [6.45, 7) is 0. The van der Waals surface area contributed by atoms with Gasteiger partial charge in [-0.3, -0.25) is 0 Å². The molecule has 0 radical (unpaired) electrons. The second-order valence-electron chi connectivity index (χ2n) is 3.48. The van der Waals surface area contributed by atoms with Crippen LogP contribution in [-0.4, -0.2) is 55.5 Å². The number of rotatable bonds is 4. The number of carbonyl (C=O) groups is 4. The van der Waals surface area contributed by atoms with Gasteiger partial charge in [-0.2, -0.15) is 0 Å². The Morgan fingerprint density at radius 1 is 0.778 bits per heavy atom. The zero-order valence-electron chi connectivity index (χ0n) is 10.2. The van der Waals surface area contributed by atoms with Crippen molar-refractivity contribution in [1.82, 2.24) is 0 Å². The molecule has 0 aromatic rings. The van der Waals surface area contributed by atoms with E-state index < -0.39 is 47.9 Å². The molecule has 96 valence electrons. The van der Waals surface area contributed by atoms with Crippen LogP contribution in [0.1, 0.15) is 14.3 Å². The first kappa shape index (κ1) is 17.5. The second kappa shape index (κ2) is 5.63. The summed E-state index contributed by atoms with van der Waals surface area (Å²) in [4.78, 5) is 43.2. The first-order valence-corrected chi connectivity index (χ1v) is 4.33. The van der Waals surface area contributed by atoms with Gasteiger partial charge in [0.15, 0.2) is 0 Å². The van der Waals surface area contributed by atoms with Gasteiger partial charge in [0.25, 0.3) is 11.2 Å². The maximum absolute atomic E-state index is 10.8. The quantitative estimate of drug-likeness (QED) is 0.296. The molecule has 0 amide bonds. The molecule has 4 N–H and O–H groups in total. The monoisotopic (exact) mass is 288 g/mol. The van der Waals surface area contributed by atoms with Crippen molar-refractivity contribution in [1.29, 1.82) is 0 Å². The first-order chi connectivity index (χ1) is 7.69. The summed E-state index contributed by atoms with van der Waals surface area (Å²) < 4.78 is 4.38. The van der Waals surface area contributed by atoms with Gasteiger partial charge in [-0.25, -0.2) is 19.2 Å². The molecular weight excluding hydrogens is 279 g/mol. The molecule has 0 aromatic heterocycles. The van der Waals surface area contributed by atoms with Crippen molar-refractivity contribution in [2.45, 2.75) is 24.0 Å². The van der Waals surface area contributed by atoms with Crippen molar-refractivity contribution < 1.29 is 97.2 Å². The number of hydrogen-bond acceptors (Lipinski definition) is 5.